The van der Waals surface area contributed by atoms with Crippen molar-refractivity contribution in [3.63, 3.8) is 0 Å². The fourth-order valence-electron chi connectivity index (χ4n) is 2.02. The smallest absolute Gasteiger partial charge is 0.328 e. The van der Waals surface area contributed by atoms with Crippen LogP contribution in [0.1, 0.15) is 30.1 Å². The number of carbonyl (C=O) groups excluding carboxylic acids is 3. The van der Waals surface area contributed by atoms with Gasteiger partial charge in [-0.25, -0.2) is 4.79 Å². The van der Waals surface area contributed by atoms with E-state index in [4.69, 9.17) is 4.74 Å². The second-order valence-corrected chi connectivity index (χ2v) is 5.28. The van der Waals surface area contributed by atoms with Gasteiger partial charge in [0.15, 0.2) is 0 Å². The molecule has 1 N–H and O–H groups in total. The van der Waals surface area contributed by atoms with Crippen LogP contribution in [0, 0.1) is 5.92 Å². The van der Waals surface area contributed by atoms with E-state index in [0.29, 0.717) is 12.0 Å². The molecular formula is C18H23NO5. The molecule has 1 rings (SSSR count). The summed E-state index contributed by atoms with van der Waals surface area (Å²) in [6, 6.07) is 7.84. The monoisotopic (exact) mass is 333 g/mol. The topological polar surface area (TPSA) is 81.7 Å². The molecule has 1 amide bonds. The molecule has 130 valence electrons. The van der Waals surface area contributed by atoms with E-state index >= 15 is 0 Å². The first kappa shape index (κ1) is 19.4. The number of carbonyl (C=O) groups is 3. The lowest BCUT2D eigenvalue weighted by atomic mass is 10.1. The van der Waals surface area contributed by atoms with E-state index < -0.39 is 12.0 Å². The number of hydrogen-bond donors (Lipinski definition) is 1. The molecule has 0 bridgehead atoms. The first-order chi connectivity index (χ1) is 11.5. The van der Waals surface area contributed by atoms with Gasteiger partial charge in [-0.2, -0.15) is 0 Å². The van der Waals surface area contributed by atoms with Gasteiger partial charge in [0.1, 0.15) is 6.04 Å². The molecule has 0 saturated heterocycles. The molecule has 0 aliphatic rings. The molecule has 0 unspecified atom stereocenters. The van der Waals surface area contributed by atoms with E-state index in [-0.39, 0.29) is 24.2 Å². The lowest BCUT2D eigenvalue weighted by molar-refractivity contribution is -0.145. The van der Waals surface area contributed by atoms with Crippen LogP contribution < -0.4 is 5.32 Å². The Morgan fingerprint density at radius 2 is 1.58 bits per heavy atom. The molecule has 0 aromatic heterocycles. The minimum Gasteiger partial charge on any atom is -0.469 e. The number of benzene rings is 1. The highest BCUT2D eigenvalue weighted by molar-refractivity contribution is 5.96. The number of hydrogen-bond acceptors (Lipinski definition) is 5. The Morgan fingerprint density at radius 1 is 1.00 bits per heavy atom. The van der Waals surface area contributed by atoms with Crippen molar-refractivity contribution in [2.75, 3.05) is 14.2 Å². The van der Waals surface area contributed by atoms with Crippen LogP contribution in [0.25, 0.3) is 0 Å². The van der Waals surface area contributed by atoms with Crippen LogP contribution >= 0.6 is 0 Å². The maximum atomic E-state index is 12.1. The third kappa shape index (κ3) is 6.24. The largest absolute Gasteiger partial charge is 0.469 e. The molecule has 6 heteroatoms. The van der Waals surface area contributed by atoms with Crippen molar-refractivity contribution in [1.82, 2.24) is 5.32 Å². The molecule has 2 atom stereocenters. The number of amides is 1. The van der Waals surface area contributed by atoms with Crippen LogP contribution in [0.3, 0.4) is 0 Å². The lowest BCUT2D eigenvalue weighted by Gasteiger charge is -2.15. The second-order valence-electron chi connectivity index (χ2n) is 5.28. The van der Waals surface area contributed by atoms with Gasteiger partial charge in [-0.05, 0) is 25.0 Å². The van der Waals surface area contributed by atoms with Gasteiger partial charge in [-0.15, -0.1) is 0 Å². The van der Waals surface area contributed by atoms with Gasteiger partial charge in [0, 0.05) is 5.56 Å². The zero-order valence-electron chi connectivity index (χ0n) is 14.2. The first-order valence-corrected chi connectivity index (χ1v) is 7.66. The van der Waals surface area contributed by atoms with Gasteiger partial charge in [-0.1, -0.05) is 37.3 Å². The van der Waals surface area contributed by atoms with Gasteiger partial charge in [0.25, 0.3) is 5.91 Å². The van der Waals surface area contributed by atoms with Gasteiger partial charge in [-0.3, -0.25) is 9.59 Å². The summed E-state index contributed by atoms with van der Waals surface area (Å²) < 4.78 is 9.36. The third-order valence-electron chi connectivity index (χ3n) is 3.46. The summed E-state index contributed by atoms with van der Waals surface area (Å²) in [5, 5.41) is 2.65. The highest BCUT2D eigenvalue weighted by atomic mass is 16.5. The van der Waals surface area contributed by atoms with Crippen LogP contribution in [-0.4, -0.2) is 38.1 Å². The number of ether oxygens (including phenoxy) is 2. The zero-order valence-corrected chi connectivity index (χ0v) is 14.2. The van der Waals surface area contributed by atoms with Crippen LogP contribution in [0.15, 0.2) is 42.5 Å². The van der Waals surface area contributed by atoms with Crippen molar-refractivity contribution in [3.05, 3.63) is 48.0 Å². The highest BCUT2D eigenvalue weighted by Gasteiger charge is 2.20. The summed E-state index contributed by atoms with van der Waals surface area (Å²) in [6.07, 6.45) is 4.30. The Balaban J connectivity index is 2.61. The number of nitrogens with one attached hydrogen (secondary N) is 1. The Hall–Kier alpha value is -2.63. The van der Waals surface area contributed by atoms with Gasteiger partial charge >= 0.3 is 11.9 Å². The predicted octanol–water partition coefficient (Wildman–Crippen LogP) is 2.10. The molecule has 1 aromatic rings. The van der Waals surface area contributed by atoms with Crippen molar-refractivity contribution in [2.24, 2.45) is 5.92 Å². The summed E-state index contributed by atoms with van der Waals surface area (Å²) in [4.78, 5) is 35.3. The maximum Gasteiger partial charge on any atom is 0.328 e. The Bertz CT molecular complexity index is 582. The first-order valence-electron chi connectivity index (χ1n) is 7.66. The minimum atomic E-state index is -0.785. The fraction of sp³-hybridized carbons (Fsp3) is 0.389. The Labute approximate surface area is 141 Å². The fourth-order valence-corrected chi connectivity index (χ4v) is 2.02. The summed E-state index contributed by atoms with van der Waals surface area (Å²) in [6.45, 7) is 1.76. The van der Waals surface area contributed by atoms with Crippen molar-refractivity contribution in [2.45, 2.75) is 25.8 Å². The standard InChI is InChI=1S/C18H23NO5/c1-13(17(21)23-2)9-7-8-12-15(18(22)24-3)19-16(20)14-10-5-4-6-11-14/h4-8,10-11,13,15H,9,12H2,1-3H3,(H,19,20)/t13-,15-/m0/s1. The summed E-state index contributed by atoms with van der Waals surface area (Å²) >= 11 is 0. The average molecular weight is 333 g/mol. The second kappa shape index (κ2) is 10.2. The molecule has 0 aliphatic heterocycles. The summed E-state index contributed by atoms with van der Waals surface area (Å²) in [7, 11) is 2.61. The molecule has 6 nitrogen and oxygen atoms in total. The number of esters is 2. The Morgan fingerprint density at radius 3 is 2.17 bits per heavy atom. The van der Waals surface area contributed by atoms with Crippen molar-refractivity contribution in [1.29, 1.82) is 0 Å². The zero-order chi connectivity index (χ0) is 17.9. The van der Waals surface area contributed by atoms with E-state index in [1.54, 1.807) is 49.4 Å². The van der Waals surface area contributed by atoms with E-state index in [1.807, 2.05) is 0 Å². The summed E-state index contributed by atoms with van der Waals surface area (Å²) in [5.41, 5.74) is 0.467. The molecule has 0 fully saturated rings. The van der Waals surface area contributed by atoms with E-state index in [1.165, 1.54) is 14.2 Å². The van der Waals surface area contributed by atoms with E-state index in [9.17, 15) is 14.4 Å². The lowest BCUT2D eigenvalue weighted by Crippen LogP contribution is -2.41. The third-order valence-corrected chi connectivity index (χ3v) is 3.46. The minimum absolute atomic E-state index is 0.262. The number of rotatable bonds is 8. The van der Waals surface area contributed by atoms with Crippen LogP contribution in [0.4, 0.5) is 0 Å². The predicted molar refractivity (Wildman–Crippen MR) is 89.3 cm³/mol. The molecule has 0 spiro atoms. The van der Waals surface area contributed by atoms with Crippen LogP contribution in [-0.2, 0) is 19.1 Å². The maximum absolute atomic E-state index is 12.1. The number of allylic oxidation sites excluding steroid dienone is 1. The Kier molecular flexibility index (Phi) is 8.25. The van der Waals surface area contributed by atoms with Crippen LogP contribution in [0.2, 0.25) is 0 Å². The summed E-state index contributed by atoms with van der Waals surface area (Å²) in [5.74, 6) is -1.42. The molecule has 0 saturated carbocycles. The average Bonchev–Trinajstić information content (AvgIpc) is 2.62. The molecule has 24 heavy (non-hydrogen) atoms. The van der Waals surface area contributed by atoms with Gasteiger partial charge in [0.2, 0.25) is 0 Å². The van der Waals surface area contributed by atoms with Crippen LogP contribution in [0.5, 0.6) is 0 Å². The molecule has 0 heterocycles. The number of methoxy groups -OCH3 is 2. The normalized spacial score (nSPS) is 13.1. The highest BCUT2D eigenvalue weighted by Crippen LogP contribution is 2.07. The quantitative estimate of drug-likeness (QED) is 0.582. The van der Waals surface area contributed by atoms with E-state index in [2.05, 4.69) is 10.1 Å². The van der Waals surface area contributed by atoms with Crippen molar-refractivity contribution >= 4 is 17.8 Å². The SMILES string of the molecule is COC(=O)[C@H](CC=CC[C@H](C)C(=O)OC)NC(=O)c1ccccc1. The van der Waals surface area contributed by atoms with Gasteiger partial charge in [0.05, 0.1) is 20.1 Å². The molecule has 0 radical (unpaired) electrons. The van der Waals surface area contributed by atoms with Crippen molar-refractivity contribution < 1.29 is 23.9 Å². The molecule has 1 aromatic carbocycles. The molecule has 0 aliphatic carbocycles. The van der Waals surface area contributed by atoms with Crippen molar-refractivity contribution in [3.8, 4) is 0 Å². The molecular weight excluding hydrogens is 310 g/mol. The van der Waals surface area contributed by atoms with E-state index in [0.717, 1.165) is 0 Å². The van der Waals surface area contributed by atoms with Gasteiger partial charge < -0.3 is 14.8 Å².